The number of nitrogens with zero attached hydrogens (tertiary/aromatic N) is 1. The fraction of sp³-hybridized carbons (Fsp3) is 0.250. The van der Waals surface area contributed by atoms with Crippen molar-refractivity contribution in [1.82, 2.24) is 0 Å². The minimum Gasteiger partial charge on any atom is -0.344 e. The number of hydrogen-bond acceptors (Lipinski definition) is 1. The standard InChI is InChI=1S/C16H19N/c1-12-6-5-7-15(10-12)17(4)16-11-13(2)8-9-14(16)3/h5-11H,1-4H3. The van der Waals surface area contributed by atoms with E-state index in [0.29, 0.717) is 0 Å². The summed E-state index contributed by atoms with van der Waals surface area (Å²) < 4.78 is 0. The van der Waals surface area contributed by atoms with Gasteiger partial charge in [0.05, 0.1) is 0 Å². The second-order valence-electron chi connectivity index (χ2n) is 4.69. The monoisotopic (exact) mass is 225 g/mol. The van der Waals surface area contributed by atoms with Gasteiger partial charge < -0.3 is 4.90 Å². The predicted octanol–water partition coefficient (Wildman–Crippen LogP) is 4.38. The average molecular weight is 225 g/mol. The number of rotatable bonds is 2. The van der Waals surface area contributed by atoms with Crippen LogP contribution in [0, 0.1) is 20.8 Å². The fourth-order valence-electron chi connectivity index (χ4n) is 2.06. The smallest absolute Gasteiger partial charge is 0.0440 e. The summed E-state index contributed by atoms with van der Waals surface area (Å²) in [5, 5.41) is 0. The maximum atomic E-state index is 2.25. The summed E-state index contributed by atoms with van der Waals surface area (Å²) in [6.07, 6.45) is 0. The van der Waals surface area contributed by atoms with Gasteiger partial charge in [-0.05, 0) is 55.7 Å². The first-order chi connectivity index (χ1) is 8.08. The second kappa shape index (κ2) is 4.62. The molecule has 2 aromatic carbocycles. The summed E-state index contributed by atoms with van der Waals surface area (Å²) in [5.74, 6) is 0. The lowest BCUT2D eigenvalue weighted by Gasteiger charge is -2.22. The van der Waals surface area contributed by atoms with Gasteiger partial charge in [-0.1, -0.05) is 24.3 Å². The molecule has 0 spiro atoms. The molecule has 1 heteroatoms. The van der Waals surface area contributed by atoms with E-state index >= 15 is 0 Å². The predicted molar refractivity (Wildman–Crippen MR) is 75.2 cm³/mol. The van der Waals surface area contributed by atoms with Gasteiger partial charge in [0.2, 0.25) is 0 Å². The van der Waals surface area contributed by atoms with Gasteiger partial charge in [0.1, 0.15) is 0 Å². The van der Waals surface area contributed by atoms with Crippen molar-refractivity contribution < 1.29 is 0 Å². The lowest BCUT2D eigenvalue weighted by atomic mass is 10.1. The normalized spacial score (nSPS) is 10.4. The van der Waals surface area contributed by atoms with E-state index < -0.39 is 0 Å². The fourth-order valence-corrected chi connectivity index (χ4v) is 2.06. The van der Waals surface area contributed by atoms with Crippen molar-refractivity contribution in [2.45, 2.75) is 20.8 Å². The van der Waals surface area contributed by atoms with E-state index in [1.54, 1.807) is 0 Å². The molecule has 0 bridgehead atoms. The number of benzene rings is 2. The van der Waals surface area contributed by atoms with Crippen LogP contribution in [0.5, 0.6) is 0 Å². The molecule has 0 radical (unpaired) electrons. The molecule has 2 rings (SSSR count). The van der Waals surface area contributed by atoms with Gasteiger partial charge in [-0.3, -0.25) is 0 Å². The molecule has 2 aromatic rings. The van der Waals surface area contributed by atoms with Crippen molar-refractivity contribution in [3.63, 3.8) is 0 Å². The van der Waals surface area contributed by atoms with Gasteiger partial charge in [0.15, 0.2) is 0 Å². The van der Waals surface area contributed by atoms with Crippen molar-refractivity contribution in [2.75, 3.05) is 11.9 Å². The third-order valence-electron chi connectivity index (χ3n) is 3.11. The third-order valence-corrected chi connectivity index (χ3v) is 3.11. The Labute approximate surface area is 104 Å². The first-order valence-electron chi connectivity index (χ1n) is 5.95. The summed E-state index contributed by atoms with van der Waals surface area (Å²) in [4.78, 5) is 2.25. The Bertz CT molecular complexity index is 529. The lowest BCUT2D eigenvalue weighted by molar-refractivity contribution is 1.17. The Morgan fingerprint density at radius 2 is 1.53 bits per heavy atom. The highest BCUT2D eigenvalue weighted by Crippen LogP contribution is 2.27. The van der Waals surface area contributed by atoms with Crippen LogP contribution in [0.4, 0.5) is 11.4 Å². The van der Waals surface area contributed by atoms with Crippen molar-refractivity contribution in [2.24, 2.45) is 0 Å². The third kappa shape index (κ3) is 2.50. The maximum absolute atomic E-state index is 2.25. The minimum atomic E-state index is 1.23. The quantitative estimate of drug-likeness (QED) is 0.733. The van der Waals surface area contributed by atoms with Crippen LogP contribution in [0.2, 0.25) is 0 Å². The molecule has 0 unspecified atom stereocenters. The van der Waals surface area contributed by atoms with Crippen LogP contribution < -0.4 is 4.90 Å². The van der Waals surface area contributed by atoms with Crippen LogP contribution in [0.15, 0.2) is 42.5 Å². The Morgan fingerprint density at radius 1 is 0.824 bits per heavy atom. The Hall–Kier alpha value is -1.76. The van der Waals surface area contributed by atoms with E-state index in [-0.39, 0.29) is 0 Å². The molecule has 0 fully saturated rings. The molecule has 88 valence electrons. The van der Waals surface area contributed by atoms with Crippen molar-refractivity contribution in [3.8, 4) is 0 Å². The first-order valence-corrected chi connectivity index (χ1v) is 5.95. The van der Waals surface area contributed by atoms with Crippen LogP contribution in [-0.4, -0.2) is 7.05 Å². The van der Waals surface area contributed by atoms with Crippen LogP contribution in [0.1, 0.15) is 16.7 Å². The minimum absolute atomic E-state index is 1.23. The van der Waals surface area contributed by atoms with Crippen LogP contribution in [0.3, 0.4) is 0 Å². The largest absolute Gasteiger partial charge is 0.344 e. The molecule has 0 amide bonds. The van der Waals surface area contributed by atoms with Crippen molar-refractivity contribution in [1.29, 1.82) is 0 Å². The first kappa shape index (κ1) is 11.7. The summed E-state index contributed by atoms with van der Waals surface area (Å²) in [6, 6.07) is 15.2. The molecule has 0 aromatic heterocycles. The second-order valence-corrected chi connectivity index (χ2v) is 4.69. The van der Waals surface area contributed by atoms with E-state index in [0.717, 1.165) is 0 Å². The van der Waals surface area contributed by atoms with Gasteiger partial charge in [0.25, 0.3) is 0 Å². The van der Waals surface area contributed by atoms with Crippen molar-refractivity contribution in [3.05, 3.63) is 59.2 Å². The highest BCUT2D eigenvalue weighted by atomic mass is 15.1. The zero-order chi connectivity index (χ0) is 12.4. The Kier molecular flexibility index (Phi) is 3.19. The number of anilines is 2. The van der Waals surface area contributed by atoms with Gasteiger partial charge in [0, 0.05) is 18.4 Å². The molecular weight excluding hydrogens is 206 g/mol. The summed E-state index contributed by atoms with van der Waals surface area (Å²) in [6.45, 7) is 6.41. The van der Waals surface area contributed by atoms with Gasteiger partial charge in [-0.25, -0.2) is 0 Å². The van der Waals surface area contributed by atoms with Crippen LogP contribution >= 0.6 is 0 Å². The Balaban J connectivity index is 2.43. The average Bonchev–Trinajstić information content (AvgIpc) is 2.31. The molecule has 0 aliphatic carbocycles. The highest BCUT2D eigenvalue weighted by molar-refractivity contribution is 5.66. The molecular formula is C16H19N. The number of aryl methyl sites for hydroxylation is 3. The zero-order valence-corrected chi connectivity index (χ0v) is 11.0. The molecule has 0 aliphatic rings. The van der Waals surface area contributed by atoms with E-state index in [1.807, 2.05) is 0 Å². The molecule has 0 saturated heterocycles. The molecule has 17 heavy (non-hydrogen) atoms. The lowest BCUT2D eigenvalue weighted by Crippen LogP contribution is -2.11. The molecule has 0 N–H and O–H groups in total. The molecule has 0 atom stereocenters. The summed E-state index contributed by atoms with van der Waals surface area (Å²) in [7, 11) is 2.12. The Morgan fingerprint density at radius 3 is 2.24 bits per heavy atom. The summed E-state index contributed by atoms with van der Waals surface area (Å²) in [5.41, 5.74) is 6.40. The SMILES string of the molecule is Cc1cccc(N(C)c2cc(C)ccc2C)c1. The highest BCUT2D eigenvalue weighted by Gasteiger charge is 2.06. The zero-order valence-electron chi connectivity index (χ0n) is 11.0. The van der Waals surface area contributed by atoms with E-state index in [4.69, 9.17) is 0 Å². The topological polar surface area (TPSA) is 3.24 Å². The summed E-state index contributed by atoms with van der Waals surface area (Å²) >= 11 is 0. The van der Waals surface area contributed by atoms with E-state index in [1.165, 1.54) is 28.1 Å². The molecule has 1 nitrogen and oxygen atoms in total. The maximum Gasteiger partial charge on any atom is 0.0440 e. The van der Waals surface area contributed by atoms with Crippen LogP contribution in [-0.2, 0) is 0 Å². The van der Waals surface area contributed by atoms with Gasteiger partial charge >= 0.3 is 0 Å². The van der Waals surface area contributed by atoms with E-state index in [2.05, 4.69) is 75.2 Å². The van der Waals surface area contributed by atoms with Gasteiger partial charge in [-0.15, -0.1) is 0 Å². The van der Waals surface area contributed by atoms with Gasteiger partial charge in [-0.2, -0.15) is 0 Å². The molecule has 0 heterocycles. The van der Waals surface area contributed by atoms with E-state index in [9.17, 15) is 0 Å². The van der Waals surface area contributed by atoms with Crippen molar-refractivity contribution >= 4 is 11.4 Å². The molecule has 0 saturated carbocycles. The van der Waals surface area contributed by atoms with Crippen LogP contribution in [0.25, 0.3) is 0 Å². The molecule has 0 aliphatic heterocycles. The number of hydrogen-bond donors (Lipinski definition) is 0.